The van der Waals surface area contributed by atoms with Crippen LogP contribution >= 0.6 is 12.2 Å². The number of rotatable bonds is 9. The molecule has 188 valence electrons. The Hall–Kier alpha value is -3.18. The van der Waals surface area contributed by atoms with E-state index in [9.17, 15) is 18.0 Å². The first-order valence-electron chi connectivity index (χ1n) is 10.9. The highest BCUT2D eigenvalue weighted by atomic mass is 32.1. The average molecular weight is 509 g/mol. The van der Waals surface area contributed by atoms with E-state index in [-0.39, 0.29) is 16.2 Å². The molecule has 0 bridgehead atoms. The third-order valence-corrected chi connectivity index (χ3v) is 5.69. The third-order valence-electron chi connectivity index (χ3n) is 5.39. The summed E-state index contributed by atoms with van der Waals surface area (Å²) < 4.78 is 51.4. The Labute approximate surface area is 207 Å². The second kappa shape index (κ2) is 11.0. The lowest BCUT2D eigenvalue weighted by atomic mass is 10.1. The van der Waals surface area contributed by atoms with E-state index in [4.69, 9.17) is 21.7 Å². The van der Waals surface area contributed by atoms with Crippen LogP contribution in [-0.2, 0) is 22.3 Å². The molecule has 0 spiro atoms. The molecule has 2 heterocycles. The molecule has 0 saturated heterocycles. The first-order valence-corrected chi connectivity index (χ1v) is 11.3. The number of carbonyl (C=O) groups is 1. The number of aromatic nitrogens is 1. The summed E-state index contributed by atoms with van der Waals surface area (Å²) in [5, 5.41) is 8.51. The summed E-state index contributed by atoms with van der Waals surface area (Å²) >= 11 is 5.36. The summed E-state index contributed by atoms with van der Waals surface area (Å²) in [6.45, 7) is 4.74. The number of hydrogen-bond acceptors (Lipinski definition) is 6. The van der Waals surface area contributed by atoms with Crippen molar-refractivity contribution in [1.29, 1.82) is 0 Å². The van der Waals surface area contributed by atoms with Gasteiger partial charge in [0.2, 0.25) is 0 Å². The Morgan fingerprint density at radius 1 is 1.23 bits per heavy atom. The molecule has 1 aromatic heterocycles. The van der Waals surface area contributed by atoms with Crippen LogP contribution in [0.4, 0.5) is 18.9 Å². The average Bonchev–Trinajstić information content (AvgIpc) is 2.81. The highest BCUT2D eigenvalue weighted by Crippen LogP contribution is 2.35. The normalized spacial score (nSPS) is 14.4. The molecular formula is C24H27F3N4O3S. The fraction of sp³-hybridized carbons (Fsp3) is 0.375. The van der Waals surface area contributed by atoms with Crippen LogP contribution in [0.3, 0.4) is 0 Å². The zero-order chi connectivity index (χ0) is 25.6. The van der Waals surface area contributed by atoms with Gasteiger partial charge in [0.15, 0.2) is 0 Å². The molecule has 3 rings (SSSR count). The maximum Gasteiger partial charge on any atom is 0.418 e. The van der Waals surface area contributed by atoms with Crippen LogP contribution in [0.15, 0.2) is 54.0 Å². The quantitative estimate of drug-likeness (QED) is 0.438. The lowest BCUT2D eigenvalue weighted by Crippen LogP contribution is -2.39. The van der Waals surface area contributed by atoms with Crippen molar-refractivity contribution in [3.05, 3.63) is 65.1 Å². The van der Waals surface area contributed by atoms with Gasteiger partial charge in [-0.05, 0) is 32.0 Å². The smallest absolute Gasteiger partial charge is 0.418 e. The monoisotopic (exact) mass is 508 g/mol. The van der Waals surface area contributed by atoms with Crippen LogP contribution in [0.1, 0.15) is 31.4 Å². The van der Waals surface area contributed by atoms with Crippen LogP contribution in [-0.4, -0.2) is 41.7 Å². The largest absolute Gasteiger partial charge is 0.489 e. The van der Waals surface area contributed by atoms with Crippen LogP contribution in [0.25, 0.3) is 0 Å². The van der Waals surface area contributed by atoms with E-state index in [0.717, 1.165) is 11.6 Å². The summed E-state index contributed by atoms with van der Waals surface area (Å²) in [6, 6.07) is 6.76. The lowest BCUT2D eigenvalue weighted by Gasteiger charge is -2.25. The Balaban J connectivity index is 1.81. The number of alkyl halides is 3. The standard InChI is InChI=1S/C24H27F3N4O3S/c1-23(2,33-3)14-34-19-13-28-10-8-15(19)12-30-18-9-11-29-21(32)20(18)22(35)31-17-7-5-4-6-16(17)24(25,26)27/h4-8,10,13,30H,9,11-12,14H2,1-3H3,(H,29,32)(H,31,35). The molecule has 0 atom stereocenters. The fourth-order valence-electron chi connectivity index (χ4n) is 3.29. The number of ether oxygens (including phenoxy) is 2. The summed E-state index contributed by atoms with van der Waals surface area (Å²) in [7, 11) is 1.60. The number of anilines is 1. The number of thiocarbonyl (C=S) groups is 1. The first kappa shape index (κ1) is 26.4. The minimum Gasteiger partial charge on any atom is -0.489 e. The number of amides is 1. The van der Waals surface area contributed by atoms with Crippen LogP contribution in [0, 0.1) is 0 Å². The lowest BCUT2D eigenvalue weighted by molar-refractivity contribution is -0.136. The van der Waals surface area contributed by atoms with E-state index in [1.807, 2.05) is 13.8 Å². The van der Waals surface area contributed by atoms with E-state index in [0.29, 0.717) is 37.6 Å². The molecule has 0 aliphatic carbocycles. The highest BCUT2D eigenvalue weighted by Gasteiger charge is 2.34. The number of carbonyl (C=O) groups excluding carboxylic acids is 1. The van der Waals surface area contributed by atoms with Gasteiger partial charge in [0, 0.05) is 44.1 Å². The van der Waals surface area contributed by atoms with Crippen molar-refractivity contribution >= 4 is 28.8 Å². The molecule has 7 nitrogen and oxygen atoms in total. The number of methoxy groups -OCH3 is 1. The van der Waals surface area contributed by atoms with Gasteiger partial charge in [0.25, 0.3) is 5.91 Å². The van der Waals surface area contributed by atoms with Crippen molar-refractivity contribution in [2.45, 2.75) is 38.6 Å². The number of nitrogens with one attached hydrogen (secondary N) is 3. The number of halogens is 3. The van der Waals surface area contributed by atoms with E-state index in [1.165, 1.54) is 18.2 Å². The van der Waals surface area contributed by atoms with Gasteiger partial charge < -0.3 is 25.4 Å². The summed E-state index contributed by atoms with van der Waals surface area (Å²) in [5.41, 5.74) is -0.184. The highest BCUT2D eigenvalue weighted by molar-refractivity contribution is 7.81. The van der Waals surface area contributed by atoms with E-state index in [2.05, 4.69) is 20.9 Å². The predicted octanol–water partition coefficient (Wildman–Crippen LogP) is 4.21. The minimum absolute atomic E-state index is 0.0975. The van der Waals surface area contributed by atoms with Gasteiger partial charge in [-0.2, -0.15) is 13.2 Å². The number of nitrogens with zero attached hydrogens (tertiary/aromatic N) is 1. The van der Waals surface area contributed by atoms with Crippen molar-refractivity contribution in [1.82, 2.24) is 15.6 Å². The number of para-hydroxylation sites is 1. The molecule has 0 saturated carbocycles. The molecule has 2 aromatic rings. The van der Waals surface area contributed by atoms with Gasteiger partial charge in [-0.15, -0.1) is 0 Å². The second-order valence-electron chi connectivity index (χ2n) is 8.45. The fourth-order valence-corrected chi connectivity index (χ4v) is 3.62. The maximum atomic E-state index is 13.4. The molecule has 0 radical (unpaired) electrons. The first-order chi connectivity index (χ1) is 16.5. The number of hydrogen-bond donors (Lipinski definition) is 3. The van der Waals surface area contributed by atoms with Crippen molar-refractivity contribution in [3.8, 4) is 5.75 Å². The molecule has 1 aliphatic rings. The van der Waals surface area contributed by atoms with Crippen LogP contribution in [0.5, 0.6) is 5.75 Å². The number of pyridine rings is 1. The predicted molar refractivity (Wildman–Crippen MR) is 130 cm³/mol. The Bertz CT molecular complexity index is 1120. The van der Waals surface area contributed by atoms with Crippen molar-refractivity contribution < 1.29 is 27.4 Å². The molecule has 11 heteroatoms. The molecule has 1 aliphatic heterocycles. The molecule has 0 fully saturated rings. The summed E-state index contributed by atoms with van der Waals surface area (Å²) in [4.78, 5) is 16.6. The van der Waals surface area contributed by atoms with Gasteiger partial charge in [-0.25, -0.2) is 0 Å². The SMILES string of the molecule is COC(C)(C)COc1cnccc1CNC1=C(C(=S)Nc2ccccc2C(F)(F)F)C(=O)NCC1. The number of benzene rings is 1. The van der Waals surface area contributed by atoms with Crippen LogP contribution < -0.4 is 20.7 Å². The molecule has 1 aromatic carbocycles. The molecule has 3 N–H and O–H groups in total. The molecule has 35 heavy (non-hydrogen) atoms. The van der Waals surface area contributed by atoms with Crippen molar-refractivity contribution in [2.24, 2.45) is 0 Å². The van der Waals surface area contributed by atoms with E-state index >= 15 is 0 Å². The topological polar surface area (TPSA) is 84.5 Å². The third kappa shape index (κ3) is 6.92. The summed E-state index contributed by atoms with van der Waals surface area (Å²) in [6.07, 6.45) is -0.930. The summed E-state index contributed by atoms with van der Waals surface area (Å²) in [5.74, 6) is 0.0844. The minimum atomic E-state index is -4.57. The second-order valence-corrected chi connectivity index (χ2v) is 8.85. The van der Waals surface area contributed by atoms with Crippen molar-refractivity contribution in [2.75, 3.05) is 25.6 Å². The zero-order valence-corrected chi connectivity index (χ0v) is 20.4. The van der Waals surface area contributed by atoms with Gasteiger partial charge in [0.1, 0.15) is 17.3 Å². The zero-order valence-electron chi connectivity index (χ0n) is 19.6. The molecular weight excluding hydrogens is 481 g/mol. The Morgan fingerprint density at radius 3 is 2.69 bits per heavy atom. The van der Waals surface area contributed by atoms with E-state index in [1.54, 1.807) is 25.6 Å². The Kier molecular flexibility index (Phi) is 8.34. The maximum absolute atomic E-state index is 13.4. The van der Waals surface area contributed by atoms with E-state index < -0.39 is 23.2 Å². The van der Waals surface area contributed by atoms with Crippen LogP contribution in [0.2, 0.25) is 0 Å². The van der Waals surface area contributed by atoms with Crippen molar-refractivity contribution in [3.63, 3.8) is 0 Å². The van der Waals surface area contributed by atoms with Gasteiger partial charge in [-0.1, -0.05) is 24.4 Å². The van der Waals surface area contributed by atoms with Gasteiger partial charge in [0.05, 0.1) is 28.6 Å². The molecule has 0 unspecified atom stereocenters. The Morgan fingerprint density at radius 2 is 1.97 bits per heavy atom. The van der Waals surface area contributed by atoms with Gasteiger partial charge >= 0.3 is 6.18 Å². The molecule has 1 amide bonds. The van der Waals surface area contributed by atoms with Gasteiger partial charge in [-0.3, -0.25) is 9.78 Å².